The fraction of sp³-hybridized carbons (Fsp3) is 0.333. The van der Waals surface area contributed by atoms with Gasteiger partial charge in [-0.2, -0.15) is 0 Å². The fourth-order valence-corrected chi connectivity index (χ4v) is 4.92. The highest BCUT2D eigenvalue weighted by atomic mass is 16.4. The van der Waals surface area contributed by atoms with E-state index in [0.29, 0.717) is 6.42 Å². The van der Waals surface area contributed by atoms with Crippen molar-refractivity contribution in [2.45, 2.75) is 51.2 Å². The maximum Gasteiger partial charge on any atom is 0.326 e. The lowest BCUT2D eigenvalue weighted by atomic mass is 9.96. The number of aliphatic carboxylic acids is 1. The quantitative estimate of drug-likeness (QED) is 0.131. The minimum Gasteiger partial charge on any atom is -0.480 e. The van der Waals surface area contributed by atoms with Crippen molar-refractivity contribution in [1.29, 1.82) is 0 Å². The van der Waals surface area contributed by atoms with Gasteiger partial charge in [0, 0.05) is 47.0 Å². The van der Waals surface area contributed by atoms with Crippen LogP contribution in [0.4, 0.5) is 0 Å². The Morgan fingerprint density at radius 1 is 0.805 bits per heavy atom. The Bertz CT molecular complexity index is 1540. The monoisotopic (exact) mass is 560 g/mol. The molecular weight excluding hydrogens is 524 g/mol. The third-order valence-corrected chi connectivity index (χ3v) is 7.44. The van der Waals surface area contributed by atoms with E-state index in [1.54, 1.807) is 19.3 Å². The van der Waals surface area contributed by atoms with E-state index < -0.39 is 41.8 Å². The van der Waals surface area contributed by atoms with Gasteiger partial charge in [-0.1, -0.05) is 56.7 Å². The van der Waals surface area contributed by atoms with Crippen molar-refractivity contribution < 1.29 is 24.3 Å². The SMILES string of the molecule is CCC(C)C(NC(=O)C(Cc1c[nH]c2ccccc12)NC(=O)CN)C(=O)NC(Cc1c[nH]c2ccccc12)C(=O)O. The number of hydrogen-bond acceptors (Lipinski definition) is 5. The zero-order chi connectivity index (χ0) is 29.5. The topological polar surface area (TPSA) is 182 Å². The number of carboxylic acid groups (broad SMARTS) is 1. The van der Waals surface area contributed by atoms with Crippen LogP contribution >= 0.6 is 0 Å². The molecule has 0 saturated heterocycles. The van der Waals surface area contributed by atoms with Gasteiger partial charge in [0.05, 0.1) is 6.54 Å². The minimum atomic E-state index is -1.22. The molecule has 4 aromatic rings. The van der Waals surface area contributed by atoms with Gasteiger partial charge in [-0.05, 0) is 29.2 Å². The Kier molecular flexibility index (Phi) is 9.41. The number of fused-ring (bicyclic) bond motifs is 2. The Morgan fingerprint density at radius 3 is 1.85 bits per heavy atom. The number of aromatic nitrogens is 2. The fourth-order valence-electron chi connectivity index (χ4n) is 4.92. The number of nitrogens with two attached hydrogens (primary N) is 1. The average molecular weight is 561 g/mol. The Labute approximate surface area is 237 Å². The highest BCUT2D eigenvalue weighted by molar-refractivity contribution is 5.95. The molecule has 4 rings (SSSR count). The Balaban J connectivity index is 1.52. The van der Waals surface area contributed by atoms with Crippen molar-refractivity contribution in [3.8, 4) is 0 Å². The van der Waals surface area contributed by atoms with E-state index in [-0.39, 0.29) is 25.3 Å². The number of nitrogens with one attached hydrogen (secondary N) is 5. The molecule has 2 heterocycles. The molecule has 2 aromatic heterocycles. The van der Waals surface area contributed by atoms with E-state index in [4.69, 9.17) is 5.73 Å². The van der Waals surface area contributed by atoms with E-state index in [0.717, 1.165) is 32.9 Å². The molecular formula is C30H36N6O5. The summed E-state index contributed by atoms with van der Waals surface area (Å²) < 4.78 is 0. The summed E-state index contributed by atoms with van der Waals surface area (Å²) in [5.41, 5.74) is 8.82. The van der Waals surface area contributed by atoms with Crippen LogP contribution in [0.25, 0.3) is 21.8 Å². The first-order valence-corrected chi connectivity index (χ1v) is 13.6. The van der Waals surface area contributed by atoms with E-state index in [1.807, 2.05) is 55.5 Å². The summed E-state index contributed by atoms with van der Waals surface area (Å²) in [7, 11) is 0. The van der Waals surface area contributed by atoms with Gasteiger partial charge in [0.15, 0.2) is 0 Å². The standard InChI is InChI=1S/C30H36N6O5/c1-3-17(2)27(29(39)35-25(30(40)41)13-19-16-33-23-11-7-5-9-21(19)23)36-28(38)24(34-26(37)14-31)12-18-15-32-22-10-6-4-8-20(18)22/h4-11,15-17,24-25,27,32-33H,3,12-14,31H2,1-2H3,(H,34,37)(H,35,39)(H,36,38)(H,40,41). The zero-order valence-corrected chi connectivity index (χ0v) is 23.1. The number of aromatic amines is 2. The molecule has 8 N–H and O–H groups in total. The largest absolute Gasteiger partial charge is 0.480 e. The molecule has 3 amide bonds. The molecule has 0 aliphatic carbocycles. The van der Waals surface area contributed by atoms with Crippen LogP contribution in [-0.4, -0.2) is 63.4 Å². The summed E-state index contributed by atoms with van der Waals surface area (Å²) >= 11 is 0. The first kappa shape index (κ1) is 29.3. The average Bonchev–Trinajstić information content (AvgIpc) is 3.58. The summed E-state index contributed by atoms with van der Waals surface area (Å²) in [6.07, 6.45) is 4.27. The van der Waals surface area contributed by atoms with Gasteiger partial charge in [-0.15, -0.1) is 0 Å². The number of carboxylic acids is 1. The Morgan fingerprint density at radius 2 is 1.34 bits per heavy atom. The molecule has 0 fully saturated rings. The molecule has 4 atom stereocenters. The van der Waals surface area contributed by atoms with Gasteiger partial charge < -0.3 is 36.8 Å². The van der Waals surface area contributed by atoms with Crippen molar-refractivity contribution in [3.63, 3.8) is 0 Å². The van der Waals surface area contributed by atoms with E-state index >= 15 is 0 Å². The molecule has 11 heteroatoms. The number of benzene rings is 2. The Hall–Kier alpha value is -4.64. The molecule has 11 nitrogen and oxygen atoms in total. The zero-order valence-electron chi connectivity index (χ0n) is 23.1. The van der Waals surface area contributed by atoms with Crippen LogP contribution in [0.1, 0.15) is 31.4 Å². The smallest absolute Gasteiger partial charge is 0.326 e. The summed E-state index contributed by atoms with van der Waals surface area (Å²) in [6.45, 7) is 3.37. The number of hydrogen-bond donors (Lipinski definition) is 7. The van der Waals surface area contributed by atoms with Crippen LogP contribution in [0.15, 0.2) is 60.9 Å². The molecule has 0 aliphatic heterocycles. The van der Waals surface area contributed by atoms with Gasteiger partial charge in [-0.25, -0.2) is 4.79 Å². The lowest BCUT2D eigenvalue weighted by molar-refractivity contribution is -0.142. The molecule has 0 aliphatic rings. The van der Waals surface area contributed by atoms with Crippen LogP contribution in [0.5, 0.6) is 0 Å². The number of carbonyl (C=O) groups excluding carboxylic acids is 3. The predicted octanol–water partition coefficient (Wildman–Crippen LogP) is 1.98. The maximum absolute atomic E-state index is 13.5. The number of H-pyrrole nitrogens is 2. The second-order valence-corrected chi connectivity index (χ2v) is 10.2. The van der Waals surface area contributed by atoms with Crippen molar-refractivity contribution in [1.82, 2.24) is 25.9 Å². The summed E-state index contributed by atoms with van der Waals surface area (Å²) in [5, 5.41) is 19.8. The van der Waals surface area contributed by atoms with Gasteiger partial charge in [0.25, 0.3) is 0 Å². The third-order valence-electron chi connectivity index (χ3n) is 7.44. The van der Waals surface area contributed by atoms with Gasteiger partial charge in [0.1, 0.15) is 18.1 Å². The second kappa shape index (κ2) is 13.1. The van der Waals surface area contributed by atoms with Crippen molar-refractivity contribution in [3.05, 3.63) is 72.1 Å². The minimum absolute atomic E-state index is 0.0575. The molecule has 4 unspecified atom stereocenters. The highest BCUT2D eigenvalue weighted by Gasteiger charge is 2.33. The van der Waals surface area contributed by atoms with Crippen molar-refractivity contribution in [2.24, 2.45) is 11.7 Å². The summed E-state index contributed by atoms with van der Waals surface area (Å²) in [4.78, 5) is 57.7. The predicted molar refractivity (Wildman–Crippen MR) is 156 cm³/mol. The highest BCUT2D eigenvalue weighted by Crippen LogP contribution is 2.21. The molecule has 2 aromatic carbocycles. The maximum atomic E-state index is 13.5. The van der Waals surface area contributed by atoms with Crippen LogP contribution in [0.2, 0.25) is 0 Å². The van der Waals surface area contributed by atoms with E-state index in [9.17, 15) is 24.3 Å². The van der Waals surface area contributed by atoms with Gasteiger partial charge in [0.2, 0.25) is 17.7 Å². The van der Waals surface area contributed by atoms with Crippen LogP contribution in [-0.2, 0) is 32.0 Å². The first-order chi connectivity index (χ1) is 19.7. The lowest BCUT2D eigenvalue weighted by Crippen LogP contribution is -2.58. The van der Waals surface area contributed by atoms with Crippen molar-refractivity contribution >= 4 is 45.5 Å². The first-order valence-electron chi connectivity index (χ1n) is 13.6. The van der Waals surface area contributed by atoms with Crippen LogP contribution < -0.4 is 21.7 Å². The number of para-hydroxylation sites is 2. The molecule has 0 spiro atoms. The second-order valence-electron chi connectivity index (χ2n) is 10.2. The number of carbonyl (C=O) groups is 4. The van der Waals surface area contributed by atoms with Gasteiger partial charge in [-0.3, -0.25) is 14.4 Å². The van der Waals surface area contributed by atoms with E-state index in [1.165, 1.54) is 0 Å². The van der Waals surface area contributed by atoms with Gasteiger partial charge >= 0.3 is 5.97 Å². The number of amides is 3. The lowest BCUT2D eigenvalue weighted by Gasteiger charge is -2.27. The molecule has 0 saturated carbocycles. The van der Waals surface area contributed by atoms with Crippen LogP contribution in [0.3, 0.4) is 0 Å². The summed E-state index contributed by atoms with van der Waals surface area (Å²) in [6, 6.07) is 11.8. The van der Waals surface area contributed by atoms with E-state index in [2.05, 4.69) is 25.9 Å². The normalized spacial score (nSPS) is 14.2. The van der Waals surface area contributed by atoms with Crippen LogP contribution in [0, 0.1) is 5.92 Å². The number of rotatable bonds is 13. The third kappa shape index (κ3) is 6.93. The van der Waals surface area contributed by atoms with Crippen molar-refractivity contribution in [2.75, 3.05) is 6.54 Å². The molecule has 0 bridgehead atoms. The molecule has 0 radical (unpaired) electrons. The molecule has 41 heavy (non-hydrogen) atoms. The molecule has 216 valence electrons. The summed E-state index contributed by atoms with van der Waals surface area (Å²) in [5.74, 6) is -3.21.